The Labute approximate surface area is 130 Å². The van der Waals surface area contributed by atoms with E-state index in [9.17, 15) is 17.9 Å². The van der Waals surface area contributed by atoms with Crippen LogP contribution >= 0.6 is 30.5 Å². The second-order valence-electron chi connectivity index (χ2n) is 3.92. The lowest BCUT2D eigenvalue weighted by molar-refractivity contribution is 0.378. The molecule has 0 fully saturated rings. The number of hydrogen-bond acceptors (Lipinski definition) is 5. The molecule has 6 nitrogen and oxygen atoms in total. The average molecular weight is 368 g/mol. The van der Waals surface area contributed by atoms with Crippen molar-refractivity contribution in [2.24, 2.45) is 0 Å². The summed E-state index contributed by atoms with van der Waals surface area (Å²) in [5.41, 5.74) is 0. The molecule has 0 aliphatic rings. The van der Waals surface area contributed by atoms with E-state index in [1.54, 1.807) is 11.4 Å². The van der Waals surface area contributed by atoms with Crippen molar-refractivity contribution < 1.29 is 22.4 Å². The van der Waals surface area contributed by atoms with Crippen molar-refractivity contribution in [3.8, 4) is 5.75 Å². The molecule has 0 bridgehead atoms. The molecule has 0 saturated carbocycles. The van der Waals surface area contributed by atoms with Crippen LogP contribution in [0.4, 0.5) is 0 Å². The zero-order valence-electron chi connectivity index (χ0n) is 10.5. The number of nitrogens with one attached hydrogen (secondary N) is 1. The Morgan fingerprint density at radius 3 is 2.52 bits per heavy atom. The predicted molar refractivity (Wildman–Crippen MR) is 81.4 cm³/mol. The van der Waals surface area contributed by atoms with Crippen LogP contribution in [-0.4, -0.2) is 19.6 Å². The van der Waals surface area contributed by atoms with Crippen molar-refractivity contribution in [2.45, 2.75) is 4.21 Å². The van der Waals surface area contributed by atoms with Crippen molar-refractivity contribution in [3.63, 3.8) is 0 Å². The molecule has 0 aliphatic heterocycles. The minimum absolute atomic E-state index is 0.0639. The standard InChI is InChI=1S/C11H11ClNO5PS2/c12-9-3-5-10(6-4-9)18-19(14,15)8-13-21(16,17)11-2-1-7-20-11/h1-7,13H,8H2,(H,14,15). The monoisotopic (exact) mass is 367 g/mol. The fourth-order valence-corrected chi connectivity index (χ4v) is 5.02. The molecule has 1 aromatic carbocycles. The lowest BCUT2D eigenvalue weighted by Crippen LogP contribution is -2.25. The van der Waals surface area contributed by atoms with Gasteiger partial charge in [-0.2, -0.15) is 4.72 Å². The van der Waals surface area contributed by atoms with Gasteiger partial charge in [0.1, 0.15) is 16.2 Å². The Morgan fingerprint density at radius 1 is 1.29 bits per heavy atom. The molecule has 0 aliphatic carbocycles. The van der Waals surface area contributed by atoms with Crippen molar-refractivity contribution in [3.05, 3.63) is 46.8 Å². The summed E-state index contributed by atoms with van der Waals surface area (Å²) in [6.45, 7) is 0. The SMILES string of the molecule is O=P(O)(CNS(=O)(=O)c1cccs1)Oc1ccc(Cl)cc1. The van der Waals surface area contributed by atoms with Crippen LogP contribution in [0.25, 0.3) is 0 Å². The Balaban J connectivity index is 2.01. The van der Waals surface area contributed by atoms with Crippen LogP contribution in [0.1, 0.15) is 0 Å². The number of hydrogen-bond donors (Lipinski definition) is 2. The lowest BCUT2D eigenvalue weighted by atomic mass is 10.3. The molecule has 1 unspecified atom stereocenters. The van der Waals surface area contributed by atoms with Gasteiger partial charge in [-0.15, -0.1) is 11.3 Å². The van der Waals surface area contributed by atoms with E-state index in [2.05, 4.69) is 4.72 Å². The fourth-order valence-electron chi connectivity index (χ4n) is 1.35. The first-order chi connectivity index (χ1) is 9.78. The molecule has 21 heavy (non-hydrogen) atoms. The molecule has 2 aromatic rings. The van der Waals surface area contributed by atoms with E-state index in [1.807, 2.05) is 0 Å². The van der Waals surface area contributed by atoms with Crippen molar-refractivity contribution in [2.75, 3.05) is 6.29 Å². The largest absolute Gasteiger partial charge is 0.424 e. The van der Waals surface area contributed by atoms with Crippen molar-refractivity contribution >= 4 is 40.6 Å². The van der Waals surface area contributed by atoms with E-state index >= 15 is 0 Å². The van der Waals surface area contributed by atoms with Crippen LogP contribution in [0.3, 0.4) is 0 Å². The first-order valence-corrected chi connectivity index (χ1v) is 10.1. The van der Waals surface area contributed by atoms with Crippen molar-refractivity contribution in [1.29, 1.82) is 0 Å². The maximum Gasteiger partial charge on any atom is 0.391 e. The normalized spacial score (nSPS) is 14.6. The molecule has 0 saturated heterocycles. The summed E-state index contributed by atoms with van der Waals surface area (Å²) in [5.74, 6) is 0.126. The highest BCUT2D eigenvalue weighted by Crippen LogP contribution is 2.41. The van der Waals surface area contributed by atoms with Gasteiger partial charge in [0.25, 0.3) is 10.0 Å². The molecule has 0 radical (unpaired) electrons. The van der Waals surface area contributed by atoms with Gasteiger partial charge in [0.15, 0.2) is 0 Å². The number of benzene rings is 1. The first-order valence-electron chi connectivity index (χ1n) is 5.59. The molecule has 0 amide bonds. The van der Waals surface area contributed by atoms with E-state index in [1.165, 1.54) is 30.3 Å². The summed E-state index contributed by atoms with van der Waals surface area (Å²) in [4.78, 5) is 9.67. The van der Waals surface area contributed by atoms with Crippen LogP contribution in [0.15, 0.2) is 46.0 Å². The molecule has 10 heteroatoms. The van der Waals surface area contributed by atoms with Gasteiger partial charge in [0, 0.05) is 5.02 Å². The summed E-state index contributed by atoms with van der Waals surface area (Å²) < 4.78 is 42.5. The van der Waals surface area contributed by atoms with Gasteiger partial charge in [-0.3, -0.25) is 0 Å². The fraction of sp³-hybridized carbons (Fsp3) is 0.0909. The highest BCUT2D eigenvalue weighted by atomic mass is 35.5. The van der Waals surface area contributed by atoms with Gasteiger partial charge in [-0.1, -0.05) is 17.7 Å². The summed E-state index contributed by atoms with van der Waals surface area (Å²) in [6.07, 6.45) is -0.726. The molecule has 0 spiro atoms. The molecule has 1 heterocycles. The van der Waals surface area contributed by atoms with Crippen LogP contribution < -0.4 is 9.25 Å². The van der Waals surface area contributed by atoms with Crippen LogP contribution in [0.2, 0.25) is 5.02 Å². The lowest BCUT2D eigenvalue weighted by Gasteiger charge is -2.14. The van der Waals surface area contributed by atoms with E-state index in [0.717, 1.165) is 11.3 Å². The zero-order chi connectivity index (χ0) is 15.5. The summed E-state index contributed by atoms with van der Waals surface area (Å²) >= 11 is 6.69. The van der Waals surface area contributed by atoms with Gasteiger partial charge in [0.2, 0.25) is 0 Å². The van der Waals surface area contributed by atoms with Gasteiger partial charge < -0.3 is 9.42 Å². The number of rotatable bonds is 6. The molecule has 114 valence electrons. The Hall–Kier alpha value is -0.890. The van der Waals surface area contributed by atoms with E-state index < -0.39 is 23.9 Å². The Kier molecular flexibility index (Phi) is 5.08. The quantitative estimate of drug-likeness (QED) is 0.766. The third-order valence-electron chi connectivity index (χ3n) is 2.28. The zero-order valence-corrected chi connectivity index (χ0v) is 13.8. The maximum atomic E-state index is 11.9. The van der Waals surface area contributed by atoms with Crippen LogP contribution in [0, 0.1) is 0 Å². The Bertz CT molecular complexity index is 745. The molecule has 1 atom stereocenters. The van der Waals surface area contributed by atoms with E-state index in [-0.39, 0.29) is 9.96 Å². The minimum Gasteiger partial charge on any atom is -0.424 e. The smallest absolute Gasteiger partial charge is 0.391 e. The number of thiophene rings is 1. The van der Waals surface area contributed by atoms with Crippen molar-refractivity contribution in [1.82, 2.24) is 4.72 Å². The average Bonchev–Trinajstić information content (AvgIpc) is 2.94. The van der Waals surface area contributed by atoms with Crippen LogP contribution in [0.5, 0.6) is 5.75 Å². The molecular weight excluding hydrogens is 357 g/mol. The van der Waals surface area contributed by atoms with E-state index in [0.29, 0.717) is 5.02 Å². The topological polar surface area (TPSA) is 92.7 Å². The molecule has 2 rings (SSSR count). The third-order valence-corrected chi connectivity index (χ3v) is 6.59. The third kappa shape index (κ3) is 4.81. The molecular formula is C11H11ClNO5PS2. The second kappa shape index (κ2) is 6.48. The van der Waals surface area contributed by atoms with Gasteiger partial charge in [-0.05, 0) is 35.7 Å². The molecule has 2 N–H and O–H groups in total. The number of sulfonamides is 1. The second-order valence-corrected chi connectivity index (χ2v) is 9.07. The van der Waals surface area contributed by atoms with Gasteiger partial charge in [0.05, 0.1) is 0 Å². The minimum atomic E-state index is -4.16. The summed E-state index contributed by atoms with van der Waals surface area (Å²) in [7, 11) is -7.97. The highest BCUT2D eigenvalue weighted by molar-refractivity contribution is 7.91. The molecule has 1 aromatic heterocycles. The van der Waals surface area contributed by atoms with Crippen LogP contribution in [-0.2, 0) is 14.6 Å². The summed E-state index contributed by atoms with van der Waals surface area (Å²) in [5, 5.41) is 2.05. The summed E-state index contributed by atoms with van der Waals surface area (Å²) in [6, 6.07) is 8.79. The van der Waals surface area contributed by atoms with Gasteiger partial charge >= 0.3 is 7.60 Å². The Morgan fingerprint density at radius 2 is 1.95 bits per heavy atom. The maximum absolute atomic E-state index is 11.9. The van der Waals surface area contributed by atoms with Gasteiger partial charge in [-0.25, -0.2) is 13.0 Å². The predicted octanol–water partition coefficient (Wildman–Crippen LogP) is 2.90. The first kappa shape index (κ1) is 16.5. The van der Waals surface area contributed by atoms with E-state index in [4.69, 9.17) is 16.1 Å². The highest BCUT2D eigenvalue weighted by Gasteiger charge is 2.25. The number of halogens is 1.